The second-order valence-electron chi connectivity index (χ2n) is 17.1. The molecule has 2 aliphatic rings. The van der Waals surface area contributed by atoms with Crippen LogP contribution in [0.15, 0.2) is 30.6 Å². The average molecular weight is 709 g/mol. The van der Waals surface area contributed by atoms with Gasteiger partial charge in [-0.1, -0.05) is 45.3 Å². The highest BCUT2D eigenvalue weighted by atomic mass is 28.3. The van der Waals surface area contributed by atoms with E-state index in [-0.39, 0.29) is 24.1 Å². The van der Waals surface area contributed by atoms with Crippen LogP contribution in [0.1, 0.15) is 68.6 Å². The fourth-order valence-electron chi connectivity index (χ4n) is 6.54. The zero-order chi connectivity index (χ0) is 35.6. The first-order valence-electron chi connectivity index (χ1n) is 17.7. The van der Waals surface area contributed by atoms with Crippen LogP contribution in [-0.4, -0.2) is 97.4 Å². The van der Waals surface area contributed by atoms with Gasteiger partial charge < -0.3 is 24.0 Å². The van der Waals surface area contributed by atoms with E-state index >= 15 is 0 Å². The number of aldehydes is 1. The molecule has 2 bridgehead atoms. The molecule has 0 aromatic carbocycles. The lowest BCUT2D eigenvalue weighted by molar-refractivity contribution is 0.00568. The van der Waals surface area contributed by atoms with Gasteiger partial charge in [0.1, 0.15) is 30.6 Å². The van der Waals surface area contributed by atoms with Crippen LogP contribution in [0, 0.1) is 0 Å². The van der Waals surface area contributed by atoms with Gasteiger partial charge in [0.25, 0.3) is 0 Å². The smallest absolute Gasteiger partial charge is 0.410 e. The maximum atomic E-state index is 13.2. The third kappa shape index (κ3) is 9.77. The molecule has 0 spiro atoms. The van der Waals surface area contributed by atoms with Gasteiger partial charge in [0.05, 0.1) is 6.20 Å². The third-order valence-corrected chi connectivity index (χ3v) is 12.7. The second kappa shape index (κ2) is 15.0. The Bertz CT molecular complexity index is 1560. The van der Waals surface area contributed by atoms with Crippen molar-refractivity contribution in [2.24, 2.45) is 0 Å². The molecule has 2 saturated heterocycles. The molecular weight excluding hydrogens is 653 g/mol. The van der Waals surface area contributed by atoms with Crippen LogP contribution in [0.3, 0.4) is 0 Å². The molecule has 1 amide bonds. The van der Waals surface area contributed by atoms with Crippen LogP contribution in [0.5, 0.6) is 0 Å². The van der Waals surface area contributed by atoms with Gasteiger partial charge in [0.2, 0.25) is 0 Å². The minimum Gasteiger partial charge on any atom is -0.444 e. The quantitative estimate of drug-likeness (QED) is 0.0721. The van der Waals surface area contributed by atoms with Gasteiger partial charge in [-0.25, -0.2) is 9.78 Å². The number of piperidine rings is 1. The monoisotopic (exact) mass is 708 g/mol. The Hall–Kier alpha value is -3.14. The summed E-state index contributed by atoms with van der Waals surface area (Å²) >= 11 is 0. The number of ether oxygens (including phenoxy) is 3. The summed E-state index contributed by atoms with van der Waals surface area (Å²) < 4.78 is 20.3. The Balaban J connectivity index is 1.51. The third-order valence-electron chi connectivity index (χ3n) is 9.26. The van der Waals surface area contributed by atoms with E-state index in [4.69, 9.17) is 24.3 Å². The normalized spacial score (nSPS) is 19.8. The van der Waals surface area contributed by atoms with Crippen molar-refractivity contribution in [1.82, 2.24) is 24.5 Å². The first kappa shape index (κ1) is 37.1. The Kier molecular flexibility index (Phi) is 11.4. The lowest BCUT2D eigenvalue weighted by Gasteiger charge is -2.39. The number of pyridine rings is 1. The largest absolute Gasteiger partial charge is 0.444 e. The molecule has 13 heteroatoms. The highest BCUT2D eigenvalue weighted by molar-refractivity contribution is 6.76. The van der Waals surface area contributed by atoms with Gasteiger partial charge in [-0.05, 0) is 64.6 Å². The number of rotatable bonds is 14. The Morgan fingerprint density at radius 3 is 2.08 bits per heavy atom. The van der Waals surface area contributed by atoms with E-state index in [1.807, 2.05) is 42.4 Å². The molecule has 2 unspecified atom stereocenters. The number of anilines is 1. The maximum Gasteiger partial charge on any atom is 0.410 e. The highest BCUT2D eigenvalue weighted by Gasteiger charge is 2.45. The zero-order valence-corrected chi connectivity index (χ0v) is 33.0. The Morgan fingerprint density at radius 1 is 0.959 bits per heavy atom. The Labute approximate surface area is 293 Å². The van der Waals surface area contributed by atoms with Crippen LogP contribution < -0.4 is 4.90 Å². The maximum absolute atomic E-state index is 13.2. The van der Waals surface area contributed by atoms with Crippen molar-refractivity contribution in [3.05, 3.63) is 42.0 Å². The van der Waals surface area contributed by atoms with E-state index in [1.54, 1.807) is 12.3 Å². The molecule has 3 aromatic rings. The summed E-state index contributed by atoms with van der Waals surface area (Å²) in [6, 6.07) is 8.11. The summed E-state index contributed by atoms with van der Waals surface area (Å²) in [4.78, 5) is 38.3. The summed E-state index contributed by atoms with van der Waals surface area (Å²) in [5.74, 6) is 1.01. The van der Waals surface area contributed by atoms with Crippen molar-refractivity contribution in [1.29, 1.82) is 0 Å². The fourth-order valence-corrected chi connectivity index (χ4v) is 8.06. The van der Waals surface area contributed by atoms with E-state index in [9.17, 15) is 9.59 Å². The lowest BCUT2D eigenvalue weighted by Crippen LogP contribution is -2.48. The number of carbonyl (C=O) groups is 2. The summed E-state index contributed by atoms with van der Waals surface area (Å²) in [5.41, 5.74) is 3.19. The molecule has 49 heavy (non-hydrogen) atoms. The molecule has 0 saturated carbocycles. The lowest BCUT2D eigenvalue weighted by atomic mass is 9.88. The van der Waals surface area contributed by atoms with Crippen molar-refractivity contribution in [2.45, 2.75) is 121 Å². The van der Waals surface area contributed by atoms with E-state index in [0.29, 0.717) is 38.0 Å². The first-order chi connectivity index (χ1) is 23.0. The molecule has 3 aromatic heterocycles. The van der Waals surface area contributed by atoms with Crippen LogP contribution in [0.25, 0.3) is 16.8 Å². The number of fused-ring (bicyclic) bond motifs is 3. The topological polar surface area (TPSA) is 111 Å². The highest BCUT2D eigenvalue weighted by Crippen LogP contribution is 2.44. The number of hydrogen-bond acceptors (Lipinski definition) is 9. The SMILES string of the molecule is CC(C)(C)OC(=O)N1C2CCC1CC(c1cc(N(COCC[Si](C)(C)C)COCC[Si](C)(C)C)n3ncc(-c4ccc(C=O)nc4)c3n1)C2. The number of nitrogens with zero attached hydrogens (tertiary/aromatic N) is 6. The van der Waals surface area contributed by atoms with E-state index in [0.717, 1.165) is 66.7 Å². The number of carbonyl (C=O) groups excluding carboxylic acids is 2. The van der Waals surface area contributed by atoms with E-state index < -0.39 is 21.7 Å². The number of hydrogen-bond donors (Lipinski definition) is 0. The molecule has 268 valence electrons. The van der Waals surface area contributed by atoms with Crippen molar-refractivity contribution in [2.75, 3.05) is 31.6 Å². The molecule has 0 radical (unpaired) electrons. The molecule has 0 N–H and O–H groups in total. The second-order valence-corrected chi connectivity index (χ2v) is 28.3. The molecule has 2 fully saturated rings. The Morgan fingerprint density at radius 2 is 1.57 bits per heavy atom. The average Bonchev–Trinajstić information content (AvgIpc) is 3.56. The predicted molar refractivity (Wildman–Crippen MR) is 199 cm³/mol. The summed E-state index contributed by atoms with van der Waals surface area (Å²) in [5, 5.41) is 4.84. The van der Waals surface area contributed by atoms with Crippen LogP contribution in [0.2, 0.25) is 51.4 Å². The van der Waals surface area contributed by atoms with Gasteiger partial charge in [-0.3, -0.25) is 9.78 Å². The minimum atomic E-state index is -1.27. The van der Waals surface area contributed by atoms with Gasteiger partial charge in [0, 0.05) is 76.4 Å². The molecule has 2 aliphatic heterocycles. The molecular formula is C36H56N6O5Si2. The van der Waals surface area contributed by atoms with Gasteiger partial charge >= 0.3 is 6.09 Å². The summed E-state index contributed by atoms with van der Waals surface area (Å²) in [6.45, 7) is 22.0. The fraction of sp³-hybridized carbons (Fsp3) is 0.639. The van der Waals surface area contributed by atoms with Gasteiger partial charge in [-0.2, -0.15) is 9.61 Å². The van der Waals surface area contributed by atoms with Crippen molar-refractivity contribution < 1.29 is 23.8 Å². The van der Waals surface area contributed by atoms with Gasteiger partial charge in [-0.15, -0.1) is 0 Å². The van der Waals surface area contributed by atoms with Crippen LogP contribution >= 0.6 is 0 Å². The van der Waals surface area contributed by atoms with Crippen molar-refractivity contribution in [3.63, 3.8) is 0 Å². The van der Waals surface area contributed by atoms with Crippen LogP contribution in [-0.2, 0) is 14.2 Å². The first-order valence-corrected chi connectivity index (χ1v) is 25.1. The summed E-state index contributed by atoms with van der Waals surface area (Å²) in [7, 11) is -2.55. The molecule has 0 aliphatic carbocycles. The van der Waals surface area contributed by atoms with Gasteiger partial charge in [0.15, 0.2) is 11.9 Å². The standard InChI is InChI=1S/C36H56N6O5Si2/c1-36(2,3)47-35(44)41-29-12-13-30(41)19-27(18-29)32-20-33(40(24-45-14-16-48(4,5)6)25-46-15-17-49(7,8)9)42-34(39-32)31(22-38-42)26-10-11-28(23-43)37-21-26/h10-11,20-23,27,29-30H,12-19,24-25H2,1-9H3. The van der Waals surface area contributed by atoms with Crippen molar-refractivity contribution in [3.8, 4) is 11.1 Å². The van der Waals surface area contributed by atoms with E-state index in [1.165, 1.54) is 0 Å². The minimum absolute atomic E-state index is 0.107. The molecule has 11 nitrogen and oxygen atoms in total. The van der Waals surface area contributed by atoms with Crippen LogP contribution in [0.4, 0.5) is 10.6 Å². The summed E-state index contributed by atoms with van der Waals surface area (Å²) in [6.07, 6.45) is 7.60. The van der Waals surface area contributed by atoms with Crippen molar-refractivity contribution >= 4 is 40.0 Å². The predicted octanol–water partition coefficient (Wildman–Crippen LogP) is 7.68. The zero-order valence-electron chi connectivity index (χ0n) is 31.0. The molecule has 5 heterocycles. The number of amides is 1. The molecule has 5 rings (SSSR count). The molecule has 2 atom stereocenters. The van der Waals surface area contributed by atoms with E-state index in [2.05, 4.69) is 55.2 Å². The number of aromatic nitrogens is 4.